The highest BCUT2D eigenvalue weighted by Gasteiger charge is 2.18. The molecule has 100 valence electrons. The van der Waals surface area contributed by atoms with E-state index < -0.39 is 0 Å². The largest absolute Gasteiger partial charge is 0.490 e. The molecule has 1 aromatic heterocycles. The fourth-order valence-electron chi connectivity index (χ4n) is 2.14. The van der Waals surface area contributed by atoms with Crippen LogP contribution in [-0.2, 0) is 0 Å². The lowest BCUT2D eigenvalue weighted by molar-refractivity contribution is 0.297. The van der Waals surface area contributed by atoms with Gasteiger partial charge in [0.25, 0.3) is 0 Å². The molecular weight excluding hydrogens is 262 g/mol. The summed E-state index contributed by atoms with van der Waals surface area (Å²) >= 11 is 1.21. The second-order valence-corrected chi connectivity index (χ2v) is 4.87. The predicted octanol–water partition coefficient (Wildman–Crippen LogP) is 2.01. The zero-order valence-corrected chi connectivity index (χ0v) is 11.4. The maximum absolute atomic E-state index is 5.71. The van der Waals surface area contributed by atoms with Crippen LogP contribution in [0.3, 0.4) is 0 Å². The van der Waals surface area contributed by atoms with Gasteiger partial charge in [-0.2, -0.15) is 8.75 Å². The monoisotopic (exact) mass is 277 g/mol. The quantitative estimate of drug-likeness (QED) is 0.930. The summed E-state index contributed by atoms with van der Waals surface area (Å²) in [7, 11) is 1.91. The number of hydrogen-bond donors (Lipinski definition) is 1. The number of fused-ring (bicyclic) bond motifs is 1. The van der Waals surface area contributed by atoms with E-state index in [-0.39, 0.29) is 6.04 Å². The van der Waals surface area contributed by atoms with Crippen LogP contribution in [0.15, 0.2) is 24.4 Å². The molecule has 1 atom stereocenters. The molecule has 1 aliphatic rings. The van der Waals surface area contributed by atoms with Gasteiger partial charge in [0.15, 0.2) is 11.5 Å². The summed E-state index contributed by atoms with van der Waals surface area (Å²) in [5.74, 6) is 1.62. The van der Waals surface area contributed by atoms with E-state index >= 15 is 0 Å². The third-order valence-corrected chi connectivity index (χ3v) is 3.56. The van der Waals surface area contributed by atoms with Crippen molar-refractivity contribution in [1.82, 2.24) is 14.1 Å². The maximum Gasteiger partial charge on any atom is 0.161 e. The van der Waals surface area contributed by atoms with Crippen molar-refractivity contribution in [3.63, 3.8) is 0 Å². The first kappa shape index (κ1) is 12.4. The van der Waals surface area contributed by atoms with Gasteiger partial charge in [0.1, 0.15) is 0 Å². The second-order valence-electron chi connectivity index (χ2n) is 4.31. The van der Waals surface area contributed by atoms with Crippen molar-refractivity contribution in [2.75, 3.05) is 20.3 Å². The number of benzene rings is 1. The smallest absolute Gasteiger partial charge is 0.161 e. The third kappa shape index (κ3) is 2.54. The Balaban J connectivity index is 1.94. The molecule has 3 rings (SSSR count). The predicted molar refractivity (Wildman–Crippen MR) is 72.9 cm³/mol. The molecule has 0 aliphatic carbocycles. The molecule has 0 bridgehead atoms. The third-order valence-electron chi connectivity index (χ3n) is 3.07. The van der Waals surface area contributed by atoms with Crippen LogP contribution in [0, 0.1) is 0 Å². The summed E-state index contributed by atoms with van der Waals surface area (Å²) in [4.78, 5) is 0. The highest BCUT2D eigenvalue weighted by molar-refractivity contribution is 6.99. The standard InChI is InChI=1S/C13H15N3O2S/c1-14-13(10-8-15-19-16-10)9-3-4-11-12(7-9)18-6-2-5-17-11/h3-4,7-8,13-14H,2,5-6H2,1H3. The number of rotatable bonds is 3. The second kappa shape index (κ2) is 5.54. The molecule has 0 radical (unpaired) electrons. The molecule has 1 aromatic carbocycles. The minimum absolute atomic E-state index is 0.0240. The Hall–Kier alpha value is -1.66. The average Bonchev–Trinajstić information content (AvgIpc) is 2.85. The van der Waals surface area contributed by atoms with Crippen molar-refractivity contribution in [2.45, 2.75) is 12.5 Å². The van der Waals surface area contributed by atoms with Crippen molar-refractivity contribution in [1.29, 1.82) is 0 Å². The minimum Gasteiger partial charge on any atom is -0.490 e. The van der Waals surface area contributed by atoms with Gasteiger partial charge in [-0.15, -0.1) is 0 Å². The number of hydrogen-bond acceptors (Lipinski definition) is 6. The SMILES string of the molecule is CNC(c1ccc2c(c1)OCCCO2)c1cnsn1. The van der Waals surface area contributed by atoms with Crippen LogP contribution in [0.5, 0.6) is 11.5 Å². The highest BCUT2D eigenvalue weighted by atomic mass is 32.1. The van der Waals surface area contributed by atoms with E-state index in [0.717, 1.165) is 29.2 Å². The van der Waals surface area contributed by atoms with E-state index in [0.29, 0.717) is 13.2 Å². The first-order valence-electron chi connectivity index (χ1n) is 6.23. The van der Waals surface area contributed by atoms with Crippen LogP contribution in [-0.4, -0.2) is 29.0 Å². The van der Waals surface area contributed by atoms with Crippen LogP contribution in [0.4, 0.5) is 0 Å². The molecule has 19 heavy (non-hydrogen) atoms. The van der Waals surface area contributed by atoms with Crippen molar-refractivity contribution in [3.05, 3.63) is 35.7 Å². The van der Waals surface area contributed by atoms with Crippen molar-refractivity contribution < 1.29 is 9.47 Å². The number of aromatic nitrogens is 2. The number of ether oxygens (including phenoxy) is 2. The van der Waals surface area contributed by atoms with E-state index in [9.17, 15) is 0 Å². The first-order valence-corrected chi connectivity index (χ1v) is 6.96. The van der Waals surface area contributed by atoms with E-state index in [4.69, 9.17) is 9.47 Å². The summed E-state index contributed by atoms with van der Waals surface area (Å²) in [5, 5.41) is 3.25. The fraction of sp³-hybridized carbons (Fsp3) is 0.385. The average molecular weight is 277 g/mol. The Morgan fingerprint density at radius 3 is 2.84 bits per heavy atom. The van der Waals surface area contributed by atoms with Gasteiger partial charge in [0, 0.05) is 6.42 Å². The molecule has 5 nitrogen and oxygen atoms in total. The molecule has 6 heteroatoms. The zero-order valence-electron chi connectivity index (χ0n) is 10.6. The molecule has 1 N–H and O–H groups in total. The van der Waals surface area contributed by atoms with Gasteiger partial charge in [0.2, 0.25) is 0 Å². The molecule has 0 amide bonds. The molecule has 1 aliphatic heterocycles. The van der Waals surface area contributed by atoms with Gasteiger partial charge in [-0.1, -0.05) is 6.07 Å². The van der Waals surface area contributed by atoms with Gasteiger partial charge < -0.3 is 14.8 Å². The Bertz CT molecular complexity index is 545. The van der Waals surface area contributed by atoms with E-state index in [1.54, 1.807) is 6.20 Å². The fourth-order valence-corrected chi connectivity index (χ4v) is 2.59. The lowest BCUT2D eigenvalue weighted by atomic mass is 10.0. The zero-order chi connectivity index (χ0) is 13.1. The topological polar surface area (TPSA) is 56.3 Å². The Morgan fingerprint density at radius 1 is 1.26 bits per heavy atom. The van der Waals surface area contributed by atoms with Gasteiger partial charge in [-0.25, -0.2) is 0 Å². The Kier molecular flexibility index (Phi) is 3.61. The Labute approximate surface area is 115 Å². The highest BCUT2D eigenvalue weighted by Crippen LogP contribution is 2.33. The van der Waals surface area contributed by atoms with Crippen molar-refractivity contribution in [2.24, 2.45) is 0 Å². The number of nitrogens with zero attached hydrogens (tertiary/aromatic N) is 2. The molecule has 0 fully saturated rings. The Morgan fingerprint density at radius 2 is 2.11 bits per heavy atom. The molecule has 2 heterocycles. The summed E-state index contributed by atoms with van der Waals surface area (Å²) in [6, 6.07) is 6.03. The van der Waals surface area contributed by atoms with Crippen molar-refractivity contribution in [3.8, 4) is 11.5 Å². The van der Waals surface area contributed by atoms with Gasteiger partial charge in [-0.3, -0.25) is 0 Å². The summed E-state index contributed by atoms with van der Waals surface area (Å²) in [5.41, 5.74) is 2.02. The summed E-state index contributed by atoms with van der Waals surface area (Å²) in [6.45, 7) is 1.40. The van der Waals surface area contributed by atoms with Crippen LogP contribution >= 0.6 is 11.7 Å². The van der Waals surface area contributed by atoms with Crippen LogP contribution in [0.2, 0.25) is 0 Å². The minimum atomic E-state index is 0.0240. The molecule has 2 aromatic rings. The van der Waals surface area contributed by atoms with Crippen LogP contribution in [0.25, 0.3) is 0 Å². The maximum atomic E-state index is 5.71. The van der Waals surface area contributed by atoms with Gasteiger partial charge >= 0.3 is 0 Å². The molecule has 0 saturated heterocycles. The lowest BCUT2D eigenvalue weighted by Gasteiger charge is -2.16. The number of nitrogens with one attached hydrogen (secondary N) is 1. The van der Waals surface area contributed by atoms with Crippen LogP contribution < -0.4 is 14.8 Å². The molecular formula is C13H15N3O2S. The summed E-state index contributed by atoms with van der Waals surface area (Å²) in [6.07, 6.45) is 2.70. The molecule has 0 spiro atoms. The van der Waals surface area contributed by atoms with Gasteiger partial charge in [0.05, 0.1) is 42.9 Å². The first-order chi connectivity index (χ1) is 9.38. The molecule has 1 unspecified atom stereocenters. The van der Waals surface area contributed by atoms with E-state index in [1.165, 1.54) is 11.7 Å². The molecule has 0 saturated carbocycles. The van der Waals surface area contributed by atoms with E-state index in [1.807, 2.05) is 25.2 Å². The lowest BCUT2D eigenvalue weighted by Crippen LogP contribution is -2.18. The van der Waals surface area contributed by atoms with Gasteiger partial charge in [-0.05, 0) is 24.7 Å². The summed E-state index contributed by atoms with van der Waals surface area (Å²) < 4.78 is 19.7. The normalized spacial score (nSPS) is 15.8. The van der Waals surface area contributed by atoms with E-state index in [2.05, 4.69) is 14.1 Å². The van der Waals surface area contributed by atoms with Crippen LogP contribution in [0.1, 0.15) is 23.7 Å². The van der Waals surface area contributed by atoms with Crippen molar-refractivity contribution >= 4 is 11.7 Å².